The van der Waals surface area contributed by atoms with Crippen LogP contribution >= 0.6 is 0 Å². The van der Waals surface area contributed by atoms with Gasteiger partial charge in [0.2, 0.25) is 0 Å². The third-order valence-corrected chi connectivity index (χ3v) is 5.09. The molecule has 1 saturated heterocycles. The number of halogens is 1. The van der Waals surface area contributed by atoms with Crippen LogP contribution in [0.15, 0.2) is 29.1 Å². The first-order chi connectivity index (χ1) is 12.6. The number of nitrogens with zero attached hydrogens (tertiary/aromatic N) is 2. The average Bonchev–Trinajstić information content (AvgIpc) is 2.61. The van der Waals surface area contributed by atoms with E-state index >= 15 is 0 Å². The second-order valence-corrected chi connectivity index (χ2v) is 7.32. The number of hydrogen-bond acceptors (Lipinski definition) is 4. The number of fused-ring (bicyclic) bond motifs is 1. The fourth-order valence-corrected chi connectivity index (χ4v) is 3.89. The highest BCUT2D eigenvalue weighted by atomic mass is 19.1. The molecule has 142 valence electrons. The SMILES string of the molecule is COCCN1CCCC(CN(C)Cc2cc(=O)c3cccc(F)c3[nH]2)C1. The molecule has 0 bridgehead atoms. The van der Waals surface area contributed by atoms with Gasteiger partial charge in [0.15, 0.2) is 5.43 Å². The molecule has 1 fully saturated rings. The summed E-state index contributed by atoms with van der Waals surface area (Å²) in [6.45, 7) is 5.53. The third kappa shape index (κ3) is 4.69. The van der Waals surface area contributed by atoms with Crippen LogP contribution in [0.4, 0.5) is 4.39 Å². The summed E-state index contributed by atoms with van der Waals surface area (Å²) in [5.74, 6) is 0.222. The highest BCUT2D eigenvalue weighted by molar-refractivity contribution is 5.78. The van der Waals surface area contributed by atoms with E-state index in [4.69, 9.17) is 4.74 Å². The van der Waals surface area contributed by atoms with Gasteiger partial charge in [-0.3, -0.25) is 4.79 Å². The molecule has 0 amide bonds. The summed E-state index contributed by atoms with van der Waals surface area (Å²) in [5, 5.41) is 0.400. The van der Waals surface area contributed by atoms with Crippen LogP contribution in [0.2, 0.25) is 0 Å². The van der Waals surface area contributed by atoms with E-state index in [2.05, 4.69) is 21.8 Å². The van der Waals surface area contributed by atoms with Crippen molar-refractivity contribution in [1.29, 1.82) is 0 Å². The Morgan fingerprint density at radius 1 is 1.42 bits per heavy atom. The number of ether oxygens (including phenoxy) is 1. The van der Waals surface area contributed by atoms with Crippen LogP contribution in [0, 0.1) is 11.7 Å². The van der Waals surface area contributed by atoms with Gasteiger partial charge < -0.3 is 19.5 Å². The van der Waals surface area contributed by atoms with Crippen LogP contribution in [-0.4, -0.2) is 61.7 Å². The molecule has 0 radical (unpaired) electrons. The number of rotatable bonds is 7. The molecule has 1 aromatic carbocycles. The molecule has 0 aliphatic carbocycles. The summed E-state index contributed by atoms with van der Waals surface area (Å²) in [5.41, 5.74) is 0.916. The lowest BCUT2D eigenvalue weighted by molar-refractivity contribution is 0.101. The van der Waals surface area contributed by atoms with Gasteiger partial charge in [-0.2, -0.15) is 0 Å². The van der Waals surface area contributed by atoms with Crippen LogP contribution in [0.1, 0.15) is 18.5 Å². The monoisotopic (exact) mass is 361 g/mol. The van der Waals surface area contributed by atoms with Gasteiger partial charge in [0.1, 0.15) is 5.82 Å². The quantitative estimate of drug-likeness (QED) is 0.823. The molecule has 1 N–H and O–H groups in total. The summed E-state index contributed by atoms with van der Waals surface area (Å²) in [6.07, 6.45) is 2.43. The van der Waals surface area contributed by atoms with E-state index in [1.165, 1.54) is 18.9 Å². The van der Waals surface area contributed by atoms with Crippen molar-refractivity contribution in [1.82, 2.24) is 14.8 Å². The van der Waals surface area contributed by atoms with Gasteiger partial charge in [-0.15, -0.1) is 0 Å². The van der Waals surface area contributed by atoms with E-state index in [1.54, 1.807) is 25.3 Å². The molecule has 1 aliphatic heterocycles. The van der Waals surface area contributed by atoms with Crippen molar-refractivity contribution in [2.75, 3.05) is 46.9 Å². The molecule has 1 unspecified atom stereocenters. The van der Waals surface area contributed by atoms with Gasteiger partial charge in [0.05, 0.1) is 12.1 Å². The Morgan fingerprint density at radius 3 is 3.08 bits per heavy atom. The van der Waals surface area contributed by atoms with Gasteiger partial charge in [0, 0.05) is 50.4 Å². The Labute approximate surface area is 153 Å². The number of benzene rings is 1. The van der Waals surface area contributed by atoms with Gasteiger partial charge in [-0.1, -0.05) is 6.07 Å². The summed E-state index contributed by atoms with van der Waals surface area (Å²) in [4.78, 5) is 20.0. The van der Waals surface area contributed by atoms with Crippen molar-refractivity contribution in [3.8, 4) is 0 Å². The minimum Gasteiger partial charge on any atom is -0.383 e. The van der Waals surface area contributed by atoms with Crippen molar-refractivity contribution in [3.63, 3.8) is 0 Å². The standard InChI is InChI=1S/C20H28FN3O2/c1-23(12-15-5-4-8-24(13-15)9-10-26-2)14-16-11-19(25)17-6-3-7-18(21)20(17)22-16/h3,6-7,11,15H,4-5,8-10,12-14H2,1-2H3,(H,22,25). The molecule has 2 aromatic rings. The number of methoxy groups -OCH3 is 1. The van der Waals surface area contributed by atoms with Crippen LogP contribution in [-0.2, 0) is 11.3 Å². The van der Waals surface area contributed by atoms with Gasteiger partial charge in [0.25, 0.3) is 0 Å². The van der Waals surface area contributed by atoms with Crippen LogP contribution in [0.25, 0.3) is 10.9 Å². The zero-order valence-corrected chi connectivity index (χ0v) is 15.6. The largest absolute Gasteiger partial charge is 0.383 e. The number of piperidine rings is 1. The number of H-pyrrole nitrogens is 1. The third-order valence-electron chi connectivity index (χ3n) is 5.09. The summed E-state index contributed by atoms with van der Waals surface area (Å²) in [6, 6.07) is 6.19. The molecular formula is C20H28FN3O2. The first-order valence-electron chi connectivity index (χ1n) is 9.27. The zero-order valence-electron chi connectivity index (χ0n) is 15.6. The number of pyridine rings is 1. The molecule has 0 spiro atoms. The van der Waals surface area contributed by atoms with E-state index in [-0.39, 0.29) is 11.2 Å². The van der Waals surface area contributed by atoms with Gasteiger partial charge in [-0.25, -0.2) is 4.39 Å². The topological polar surface area (TPSA) is 48.6 Å². The molecule has 3 rings (SSSR count). The van der Waals surface area contributed by atoms with Gasteiger partial charge >= 0.3 is 0 Å². The number of likely N-dealkylation sites (tertiary alicyclic amines) is 1. The van der Waals surface area contributed by atoms with Crippen molar-refractivity contribution in [3.05, 3.63) is 46.0 Å². The van der Waals surface area contributed by atoms with Crippen molar-refractivity contribution in [2.45, 2.75) is 19.4 Å². The van der Waals surface area contributed by atoms with Crippen LogP contribution < -0.4 is 5.43 Å². The summed E-state index contributed by atoms with van der Waals surface area (Å²) < 4.78 is 19.2. The Morgan fingerprint density at radius 2 is 2.27 bits per heavy atom. The molecule has 2 heterocycles. The molecule has 5 nitrogen and oxygen atoms in total. The number of hydrogen-bond donors (Lipinski definition) is 1. The van der Waals surface area contributed by atoms with Crippen molar-refractivity contribution in [2.24, 2.45) is 5.92 Å². The Kier molecular flexibility index (Phi) is 6.40. The first kappa shape index (κ1) is 19.0. The summed E-state index contributed by atoms with van der Waals surface area (Å²) in [7, 11) is 3.79. The smallest absolute Gasteiger partial charge is 0.189 e. The Balaban J connectivity index is 1.63. The van der Waals surface area contributed by atoms with Crippen LogP contribution in [0.5, 0.6) is 0 Å². The number of nitrogens with one attached hydrogen (secondary N) is 1. The fourth-order valence-electron chi connectivity index (χ4n) is 3.89. The van der Waals surface area contributed by atoms with E-state index in [0.717, 1.165) is 38.5 Å². The molecule has 1 aliphatic rings. The molecule has 0 saturated carbocycles. The van der Waals surface area contributed by atoms with E-state index < -0.39 is 0 Å². The maximum atomic E-state index is 14.0. The minimum absolute atomic E-state index is 0.134. The van der Waals surface area contributed by atoms with E-state index in [9.17, 15) is 9.18 Å². The van der Waals surface area contributed by atoms with Crippen molar-refractivity contribution >= 4 is 10.9 Å². The number of para-hydroxylation sites is 1. The second kappa shape index (κ2) is 8.75. The normalized spacial score (nSPS) is 18.7. The first-order valence-corrected chi connectivity index (χ1v) is 9.27. The minimum atomic E-state index is -0.384. The molecule has 6 heteroatoms. The number of aromatic amines is 1. The lowest BCUT2D eigenvalue weighted by atomic mass is 9.97. The summed E-state index contributed by atoms with van der Waals surface area (Å²) >= 11 is 0. The predicted molar refractivity (Wildman–Crippen MR) is 102 cm³/mol. The zero-order chi connectivity index (χ0) is 18.5. The lowest BCUT2D eigenvalue weighted by Crippen LogP contribution is -2.41. The maximum Gasteiger partial charge on any atom is 0.189 e. The van der Waals surface area contributed by atoms with E-state index in [0.29, 0.717) is 23.4 Å². The molecule has 26 heavy (non-hydrogen) atoms. The maximum absolute atomic E-state index is 14.0. The highest BCUT2D eigenvalue weighted by Crippen LogP contribution is 2.18. The second-order valence-electron chi connectivity index (χ2n) is 7.32. The lowest BCUT2D eigenvalue weighted by Gasteiger charge is -2.34. The van der Waals surface area contributed by atoms with Crippen molar-refractivity contribution < 1.29 is 9.13 Å². The van der Waals surface area contributed by atoms with Gasteiger partial charge in [-0.05, 0) is 44.5 Å². The highest BCUT2D eigenvalue weighted by Gasteiger charge is 2.21. The van der Waals surface area contributed by atoms with E-state index in [1.807, 2.05) is 0 Å². The molecular weight excluding hydrogens is 333 g/mol. The Bertz CT molecular complexity index is 792. The fraction of sp³-hybridized carbons (Fsp3) is 0.550. The predicted octanol–water partition coefficient (Wildman–Crippen LogP) is 2.46. The molecule has 1 atom stereocenters. The Hall–Kier alpha value is -1.76. The molecule has 1 aromatic heterocycles. The van der Waals surface area contributed by atoms with Crippen LogP contribution in [0.3, 0.4) is 0 Å². The number of aromatic nitrogens is 1. The average molecular weight is 361 g/mol.